The molecule has 0 saturated heterocycles. The van der Waals surface area contributed by atoms with E-state index in [1.807, 2.05) is 0 Å². The van der Waals surface area contributed by atoms with Crippen LogP contribution in [0.3, 0.4) is 0 Å². The highest BCUT2D eigenvalue weighted by Gasteiger charge is 2.30. The van der Waals surface area contributed by atoms with Crippen LogP contribution in [0, 0.1) is 10.1 Å². The van der Waals surface area contributed by atoms with Gasteiger partial charge in [0.2, 0.25) is 6.79 Å². The van der Waals surface area contributed by atoms with Crippen molar-refractivity contribution in [3.63, 3.8) is 0 Å². The van der Waals surface area contributed by atoms with Gasteiger partial charge in [-0.25, -0.2) is 4.79 Å². The number of nitrogens with one attached hydrogen (secondary N) is 1. The van der Waals surface area contributed by atoms with Crippen LogP contribution in [0.4, 0.5) is 5.69 Å². The van der Waals surface area contributed by atoms with E-state index in [0.29, 0.717) is 5.76 Å². The molecule has 0 aliphatic carbocycles. The zero-order valence-electron chi connectivity index (χ0n) is 13.6. The zero-order valence-corrected chi connectivity index (χ0v) is 13.6. The third-order valence-electron chi connectivity index (χ3n) is 3.58. The highest BCUT2D eigenvalue weighted by molar-refractivity contribution is 5.96. The van der Waals surface area contributed by atoms with Crippen LogP contribution in [-0.2, 0) is 16.1 Å². The molecule has 1 atom stereocenters. The minimum atomic E-state index is -1.16. The highest BCUT2D eigenvalue weighted by Crippen LogP contribution is 2.38. The Bertz CT molecular complexity index is 846. The van der Waals surface area contributed by atoms with Gasteiger partial charge in [-0.15, -0.1) is 0 Å². The first-order valence-electron chi connectivity index (χ1n) is 7.55. The van der Waals surface area contributed by atoms with Crippen molar-refractivity contribution >= 4 is 17.6 Å². The van der Waals surface area contributed by atoms with Gasteiger partial charge in [0.25, 0.3) is 11.6 Å². The molecule has 0 fully saturated rings. The second kappa shape index (κ2) is 7.13. The Morgan fingerprint density at radius 3 is 2.73 bits per heavy atom. The molecule has 1 aromatic carbocycles. The summed E-state index contributed by atoms with van der Waals surface area (Å²) in [5.74, 6) is -0.702. The maximum atomic E-state index is 12.3. The fraction of sp³-hybridized carbons (Fsp3) is 0.250. The molecule has 1 aliphatic rings. The number of benzene rings is 1. The number of nitrogens with zero attached hydrogens (tertiary/aromatic N) is 1. The van der Waals surface area contributed by atoms with Gasteiger partial charge < -0.3 is 23.9 Å². The van der Waals surface area contributed by atoms with Crippen molar-refractivity contribution in [2.24, 2.45) is 0 Å². The normalized spacial score (nSPS) is 13.1. The van der Waals surface area contributed by atoms with Crippen LogP contribution < -0.4 is 14.8 Å². The van der Waals surface area contributed by atoms with Crippen LogP contribution in [0.5, 0.6) is 11.5 Å². The van der Waals surface area contributed by atoms with Crippen molar-refractivity contribution in [2.45, 2.75) is 19.6 Å². The maximum Gasteiger partial charge on any atom is 0.346 e. The molecule has 1 amide bonds. The molecule has 1 unspecified atom stereocenters. The molecular formula is C16H14N2O8. The third-order valence-corrected chi connectivity index (χ3v) is 3.58. The van der Waals surface area contributed by atoms with Crippen molar-refractivity contribution in [3.8, 4) is 11.5 Å². The summed E-state index contributed by atoms with van der Waals surface area (Å²) in [7, 11) is 0. The van der Waals surface area contributed by atoms with E-state index in [1.54, 1.807) is 12.1 Å². The third kappa shape index (κ3) is 3.58. The van der Waals surface area contributed by atoms with E-state index in [9.17, 15) is 19.7 Å². The number of amides is 1. The molecule has 0 spiro atoms. The average Bonchev–Trinajstić information content (AvgIpc) is 3.29. The van der Waals surface area contributed by atoms with Crippen molar-refractivity contribution < 1.29 is 33.1 Å². The fourth-order valence-electron chi connectivity index (χ4n) is 2.25. The maximum absolute atomic E-state index is 12.3. The van der Waals surface area contributed by atoms with E-state index in [0.717, 1.165) is 12.1 Å². The lowest BCUT2D eigenvalue weighted by atomic mass is 10.1. The fourth-order valence-corrected chi connectivity index (χ4v) is 2.25. The van der Waals surface area contributed by atoms with Gasteiger partial charge in [0.05, 0.1) is 23.8 Å². The van der Waals surface area contributed by atoms with Crippen LogP contribution in [0.15, 0.2) is 34.9 Å². The molecule has 0 radical (unpaired) electrons. The van der Waals surface area contributed by atoms with Crippen LogP contribution >= 0.6 is 0 Å². The first-order valence-corrected chi connectivity index (χ1v) is 7.55. The van der Waals surface area contributed by atoms with E-state index in [-0.39, 0.29) is 30.4 Å². The number of ether oxygens (including phenoxy) is 3. The largest absolute Gasteiger partial charge is 0.467 e. The van der Waals surface area contributed by atoms with Gasteiger partial charge >= 0.3 is 5.97 Å². The van der Waals surface area contributed by atoms with Crippen molar-refractivity contribution in [2.75, 3.05) is 6.79 Å². The number of hydrogen-bond donors (Lipinski definition) is 1. The number of fused-ring (bicyclic) bond motifs is 1. The van der Waals surface area contributed by atoms with E-state index in [4.69, 9.17) is 18.6 Å². The molecular weight excluding hydrogens is 348 g/mol. The predicted molar refractivity (Wildman–Crippen MR) is 84.7 cm³/mol. The van der Waals surface area contributed by atoms with Gasteiger partial charge in [-0.05, 0) is 19.1 Å². The predicted octanol–water partition coefficient (Wildman–Crippen LogP) is 1.78. The van der Waals surface area contributed by atoms with Gasteiger partial charge in [-0.2, -0.15) is 0 Å². The van der Waals surface area contributed by atoms with Crippen LogP contribution in [0.1, 0.15) is 23.0 Å². The quantitative estimate of drug-likeness (QED) is 0.467. The number of hydrogen-bond acceptors (Lipinski definition) is 8. The van der Waals surface area contributed by atoms with E-state index in [1.165, 1.54) is 13.2 Å². The summed E-state index contributed by atoms with van der Waals surface area (Å²) in [5, 5.41) is 13.7. The average molecular weight is 362 g/mol. The highest BCUT2D eigenvalue weighted by atomic mass is 16.7. The summed E-state index contributed by atoms with van der Waals surface area (Å²) in [6.45, 7) is 1.38. The topological polar surface area (TPSA) is 130 Å². The Morgan fingerprint density at radius 1 is 1.35 bits per heavy atom. The van der Waals surface area contributed by atoms with E-state index in [2.05, 4.69) is 5.32 Å². The lowest BCUT2D eigenvalue weighted by Gasteiger charge is -2.13. The van der Waals surface area contributed by atoms with Crippen molar-refractivity contribution in [3.05, 3.63) is 52.0 Å². The minimum Gasteiger partial charge on any atom is -0.467 e. The number of furan rings is 1. The zero-order chi connectivity index (χ0) is 18.7. The van der Waals surface area contributed by atoms with E-state index < -0.39 is 28.6 Å². The lowest BCUT2D eigenvalue weighted by Crippen LogP contribution is -2.35. The molecule has 10 heteroatoms. The molecule has 0 bridgehead atoms. The molecule has 26 heavy (non-hydrogen) atoms. The number of rotatable bonds is 6. The van der Waals surface area contributed by atoms with Gasteiger partial charge in [-0.3, -0.25) is 14.9 Å². The monoisotopic (exact) mass is 362 g/mol. The van der Waals surface area contributed by atoms with Gasteiger partial charge in [-0.1, -0.05) is 0 Å². The van der Waals surface area contributed by atoms with Crippen molar-refractivity contribution in [1.29, 1.82) is 0 Å². The van der Waals surface area contributed by atoms with Gasteiger partial charge in [0.15, 0.2) is 17.6 Å². The molecule has 2 heterocycles. The Labute approximate surface area is 146 Å². The van der Waals surface area contributed by atoms with Crippen molar-refractivity contribution in [1.82, 2.24) is 5.32 Å². The summed E-state index contributed by atoms with van der Waals surface area (Å²) in [6.07, 6.45) is 0.298. The Kier molecular flexibility index (Phi) is 4.74. The second-order valence-electron chi connectivity index (χ2n) is 5.32. The van der Waals surface area contributed by atoms with Gasteiger partial charge in [0, 0.05) is 6.07 Å². The Hall–Kier alpha value is -3.56. The van der Waals surface area contributed by atoms with Gasteiger partial charge in [0.1, 0.15) is 11.3 Å². The number of carbonyl (C=O) groups is 2. The number of carbonyl (C=O) groups excluding carboxylic acids is 2. The summed E-state index contributed by atoms with van der Waals surface area (Å²) in [6, 6.07) is 5.59. The number of nitro benzene ring substituents is 1. The number of esters is 1. The second-order valence-corrected chi connectivity index (χ2v) is 5.32. The summed E-state index contributed by atoms with van der Waals surface area (Å²) in [5.41, 5.74) is -0.827. The summed E-state index contributed by atoms with van der Waals surface area (Å²) < 4.78 is 20.3. The van der Waals surface area contributed by atoms with E-state index >= 15 is 0 Å². The standard InChI is InChI=1S/C16H14N2O8/c1-9(15(19)17-7-10-3-2-4-23-10)26-16(20)11-5-13-14(25-8-24-13)6-12(11)18(21)22/h2-6,9H,7-8H2,1H3,(H,17,19). The first kappa shape index (κ1) is 17.3. The van der Waals surface area contributed by atoms with Crippen LogP contribution in [-0.4, -0.2) is 29.7 Å². The first-order chi connectivity index (χ1) is 12.5. The molecule has 136 valence electrons. The molecule has 10 nitrogen and oxygen atoms in total. The smallest absolute Gasteiger partial charge is 0.346 e. The molecule has 1 aliphatic heterocycles. The molecule has 1 aromatic heterocycles. The Balaban J connectivity index is 1.69. The molecule has 0 saturated carbocycles. The molecule has 2 aromatic rings. The minimum absolute atomic E-state index is 0.101. The number of nitro groups is 1. The molecule has 3 rings (SSSR count). The SMILES string of the molecule is CC(OC(=O)c1cc2c(cc1[N+](=O)[O-])OCO2)C(=O)NCc1ccco1. The lowest BCUT2D eigenvalue weighted by molar-refractivity contribution is -0.385. The Morgan fingerprint density at radius 2 is 2.08 bits per heavy atom. The van der Waals surface area contributed by atoms with Crippen LogP contribution in [0.2, 0.25) is 0 Å². The van der Waals surface area contributed by atoms with Crippen LogP contribution in [0.25, 0.3) is 0 Å². The molecule has 1 N–H and O–H groups in total. The summed E-state index contributed by atoms with van der Waals surface area (Å²) >= 11 is 0. The summed E-state index contributed by atoms with van der Waals surface area (Å²) in [4.78, 5) is 34.8.